The molecule has 2 heterocycles. The number of halogens is 1. The van der Waals surface area contributed by atoms with Gasteiger partial charge in [-0.25, -0.2) is 4.39 Å². The minimum atomic E-state index is -1.23. The summed E-state index contributed by atoms with van der Waals surface area (Å²) in [4.78, 5) is 0. The molecule has 0 aromatic heterocycles. The Morgan fingerprint density at radius 3 is 2.56 bits per heavy atom. The van der Waals surface area contributed by atoms with E-state index in [0.29, 0.717) is 30.7 Å². The standard InChI is InChI=1S/C15H20FNO/c1-10-3-6-14(18-2)13(7-10)15(16)8-11-4-5-12(9-15)17-11/h3,6-7,11-12,17H,4-5,8-9H2,1-2H3. The molecular weight excluding hydrogens is 229 g/mol. The zero-order valence-electron chi connectivity index (χ0n) is 11.0. The molecule has 98 valence electrons. The number of nitrogens with one attached hydrogen (secondary N) is 1. The van der Waals surface area contributed by atoms with Crippen LogP contribution in [0.25, 0.3) is 0 Å². The molecule has 1 aromatic rings. The van der Waals surface area contributed by atoms with E-state index in [1.54, 1.807) is 7.11 Å². The highest BCUT2D eigenvalue weighted by Gasteiger charge is 2.46. The summed E-state index contributed by atoms with van der Waals surface area (Å²) >= 11 is 0. The number of fused-ring (bicyclic) bond motifs is 2. The predicted octanol–water partition coefficient (Wildman–Crippen LogP) is 3.08. The van der Waals surface area contributed by atoms with Gasteiger partial charge in [0.05, 0.1) is 7.11 Å². The highest BCUT2D eigenvalue weighted by molar-refractivity contribution is 5.42. The molecule has 3 rings (SSSR count). The Hall–Kier alpha value is -1.09. The highest BCUT2D eigenvalue weighted by atomic mass is 19.1. The lowest BCUT2D eigenvalue weighted by molar-refractivity contribution is 0.0843. The van der Waals surface area contributed by atoms with Gasteiger partial charge in [0.1, 0.15) is 11.4 Å². The SMILES string of the molecule is COc1ccc(C)cc1C1(F)CC2CCC(C1)N2. The van der Waals surface area contributed by atoms with Crippen LogP contribution in [0.15, 0.2) is 18.2 Å². The second kappa shape index (κ2) is 4.23. The van der Waals surface area contributed by atoms with Crippen LogP contribution in [-0.4, -0.2) is 19.2 Å². The number of benzene rings is 1. The van der Waals surface area contributed by atoms with Crippen LogP contribution >= 0.6 is 0 Å². The molecule has 0 spiro atoms. The van der Waals surface area contributed by atoms with Gasteiger partial charge in [-0.3, -0.25) is 0 Å². The summed E-state index contributed by atoms with van der Waals surface area (Å²) in [5.41, 5.74) is 0.603. The van der Waals surface area contributed by atoms with Gasteiger partial charge in [0.2, 0.25) is 0 Å². The third-order valence-corrected chi connectivity index (χ3v) is 4.31. The van der Waals surface area contributed by atoms with E-state index in [1.807, 2.05) is 25.1 Å². The van der Waals surface area contributed by atoms with Crippen molar-refractivity contribution in [2.24, 2.45) is 0 Å². The summed E-state index contributed by atoms with van der Waals surface area (Å²) in [5, 5.41) is 3.49. The van der Waals surface area contributed by atoms with E-state index in [4.69, 9.17) is 4.74 Å². The van der Waals surface area contributed by atoms with Crippen molar-refractivity contribution in [3.63, 3.8) is 0 Å². The lowest BCUT2D eigenvalue weighted by atomic mass is 9.82. The molecule has 2 saturated heterocycles. The largest absolute Gasteiger partial charge is 0.496 e. The first-order valence-electron chi connectivity index (χ1n) is 6.71. The van der Waals surface area contributed by atoms with E-state index in [2.05, 4.69) is 5.32 Å². The molecule has 2 aliphatic rings. The summed E-state index contributed by atoms with van der Waals surface area (Å²) in [6.07, 6.45) is 3.35. The van der Waals surface area contributed by atoms with Crippen LogP contribution in [0.4, 0.5) is 4.39 Å². The van der Waals surface area contributed by atoms with Crippen LogP contribution < -0.4 is 10.1 Å². The quantitative estimate of drug-likeness (QED) is 0.869. The number of rotatable bonds is 2. The second-order valence-electron chi connectivity index (χ2n) is 5.72. The third-order valence-electron chi connectivity index (χ3n) is 4.31. The van der Waals surface area contributed by atoms with Crippen molar-refractivity contribution in [3.8, 4) is 5.75 Å². The third kappa shape index (κ3) is 1.91. The zero-order valence-corrected chi connectivity index (χ0v) is 11.0. The number of hydrogen-bond donors (Lipinski definition) is 1. The first-order chi connectivity index (χ1) is 8.60. The Kier molecular flexibility index (Phi) is 2.81. The molecule has 18 heavy (non-hydrogen) atoms. The minimum Gasteiger partial charge on any atom is -0.496 e. The summed E-state index contributed by atoms with van der Waals surface area (Å²) in [6.45, 7) is 2.00. The van der Waals surface area contributed by atoms with E-state index >= 15 is 4.39 Å². The number of aryl methyl sites for hydroxylation is 1. The summed E-state index contributed by atoms with van der Waals surface area (Å²) in [7, 11) is 1.62. The molecule has 0 radical (unpaired) electrons. The van der Waals surface area contributed by atoms with E-state index < -0.39 is 5.67 Å². The average molecular weight is 249 g/mol. The highest BCUT2D eigenvalue weighted by Crippen LogP contribution is 2.46. The molecule has 2 aliphatic heterocycles. The molecule has 2 fully saturated rings. The maximum absolute atomic E-state index is 15.4. The Morgan fingerprint density at radius 2 is 1.94 bits per heavy atom. The van der Waals surface area contributed by atoms with Gasteiger partial charge in [-0.2, -0.15) is 0 Å². The number of alkyl halides is 1. The fraction of sp³-hybridized carbons (Fsp3) is 0.600. The smallest absolute Gasteiger partial charge is 0.142 e. The Morgan fingerprint density at radius 1 is 1.28 bits per heavy atom. The molecule has 2 unspecified atom stereocenters. The Balaban J connectivity index is 2.00. The minimum absolute atomic E-state index is 0.332. The van der Waals surface area contributed by atoms with Gasteiger partial charge in [0.25, 0.3) is 0 Å². The number of piperidine rings is 1. The van der Waals surface area contributed by atoms with Crippen molar-refractivity contribution in [1.29, 1.82) is 0 Å². The second-order valence-corrected chi connectivity index (χ2v) is 5.72. The summed E-state index contributed by atoms with van der Waals surface area (Å²) in [5.74, 6) is 0.685. The molecule has 2 nitrogen and oxygen atoms in total. The summed E-state index contributed by atoms with van der Waals surface area (Å²) < 4.78 is 20.7. The van der Waals surface area contributed by atoms with E-state index in [-0.39, 0.29) is 0 Å². The summed E-state index contributed by atoms with van der Waals surface area (Å²) in [6, 6.07) is 6.47. The van der Waals surface area contributed by atoms with Crippen molar-refractivity contribution in [2.75, 3.05) is 7.11 Å². The van der Waals surface area contributed by atoms with Crippen LogP contribution in [0.3, 0.4) is 0 Å². The van der Waals surface area contributed by atoms with Crippen LogP contribution in [0.1, 0.15) is 36.8 Å². The van der Waals surface area contributed by atoms with Gasteiger partial charge in [0.15, 0.2) is 0 Å². The topological polar surface area (TPSA) is 21.3 Å². The van der Waals surface area contributed by atoms with Gasteiger partial charge in [-0.1, -0.05) is 11.6 Å². The molecule has 3 heteroatoms. The number of ether oxygens (including phenoxy) is 1. The Bertz CT molecular complexity index is 448. The maximum atomic E-state index is 15.4. The van der Waals surface area contributed by atoms with E-state index in [0.717, 1.165) is 24.0 Å². The molecule has 0 amide bonds. The molecule has 2 atom stereocenters. The normalized spacial score (nSPS) is 34.6. The first-order valence-corrected chi connectivity index (χ1v) is 6.71. The van der Waals surface area contributed by atoms with Crippen LogP contribution in [0, 0.1) is 6.92 Å². The Labute approximate surface area is 108 Å². The molecule has 0 saturated carbocycles. The molecule has 1 N–H and O–H groups in total. The molecule has 2 bridgehead atoms. The number of hydrogen-bond acceptors (Lipinski definition) is 2. The monoisotopic (exact) mass is 249 g/mol. The lowest BCUT2D eigenvalue weighted by Crippen LogP contribution is -2.44. The van der Waals surface area contributed by atoms with Crippen molar-refractivity contribution in [3.05, 3.63) is 29.3 Å². The average Bonchev–Trinajstić information content (AvgIpc) is 2.69. The van der Waals surface area contributed by atoms with E-state index in [9.17, 15) is 0 Å². The van der Waals surface area contributed by atoms with Gasteiger partial charge < -0.3 is 10.1 Å². The van der Waals surface area contributed by atoms with Gasteiger partial charge in [-0.15, -0.1) is 0 Å². The first kappa shape index (κ1) is 12.0. The van der Waals surface area contributed by atoms with Crippen molar-refractivity contribution >= 4 is 0 Å². The fourth-order valence-corrected chi connectivity index (χ4v) is 3.48. The molecule has 1 aromatic carbocycles. The van der Waals surface area contributed by atoms with Crippen LogP contribution in [0.5, 0.6) is 5.75 Å². The van der Waals surface area contributed by atoms with Crippen LogP contribution in [-0.2, 0) is 5.67 Å². The lowest BCUT2D eigenvalue weighted by Gasteiger charge is -2.36. The molecule has 0 aliphatic carbocycles. The predicted molar refractivity (Wildman–Crippen MR) is 69.7 cm³/mol. The maximum Gasteiger partial charge on any atom is 0.142 e. The number of methoxy groups -OCH3 is 1. The van der Waals surface area contributed by atoms with Crippen molar-refractivity contribution in [2.45, 2.75) is 50.4 Å². The van der Waals surface area contributed by atoms with Crippen LogP contribution in [0.2, 0.25) is 0 Å². The van der Waals surface area contributed by atoms with Crippen molar-refractivity contribution in [1.82, 2.24) is 5.32 Å². The van der Waals surface area contributed by atoms with Gasteiger partial charge >= 0.3 is 0 Å². The fourth-order valence-electron chi connectivity index (χ4n) is 3.48. The van der Waals surface area contributed by atoms with Crippen molar-refractivity contribution < 1.29 is 9.13 Å². The van der Waals surface area contributed by atoms with Gasteiger partial charge in [0, 0.05) is 30.5 Å². The molecular formula is C15H20FNO. The van der Waals surface area contributed by atoms with Gasteiger partial charge in [-0.05, 0) is 31.9 Å². The van der Waals surface area contributed by atoms with E-state index in [1.165, 1.54) is 0 Å². The zero-order chi connectivity index (χ0) is 12.8.